The van der Waals surface area contributed by atoms with Crippen molar-refractivity contribution in [2.75, 3.05) is 6.54 Å². The molecule has 0 spiro atoms. The molecule has 3 aromatic rings. The number of sulfonamides is 1. The van der Waals surface area contributed by atoms with Crippen LogP contribution in [-0.4, -0.2) is 58.9 Å². The van der Waals surface area contributed by atoms with E-state index in [1.165, 1.54) is 12.3 Å². The van der Waals surface area contributed by atoms with Crippen molar-refractivity contribution in [1.29, 1.82) is 0 Å². The number of carbonyl (C=O) groups excluding carboxylic acids is 3. The van der Waals surface area contributed by atoms with Gasteiger partial charge in [0.2, 0.25) is 0 Å². The molecule has 1 aliphatic heterocycles. The molecule has 0 unspecified atom stereocenters. The number of amides is 2. The summed E-state index contributed by atoms with van der Waals surface area (Å²) in [4.78, 5) is 47.6. The Hall–Kier alpha value is -3.96. The fraction of sp³-hybridized carbons (Fsp3) is 0.321. The summed E-state index contributed by atoms with van der Waals surface area (Å²) < 4.78 is 27.4. The van der Waals surface area contributed by atoms with Gasteiger partial charge in [0.15, 0.2) is 10.8 Å². The van der Waals surface area contributed by atoms with Crippen molar-refractivity contribution >= 4 is 38.5 Å². The Morgan fingerprint density at radius 1 is 1.05 bits per heavy atom. The zero-order valence-electron chi connectivity index (χ0n) is 22.0. The minimum absolute atomic E-state index is 0.0179. The lowest BCUT2D eigenvalue weighted by molar-refractivity contribution is -0.126. The predicted octanol–water partition coefficient (Wildman–Crippen LogP) is 2.83. The number of hydrogen-bond acceptors (Lipinski definition) is 7. The molecule has 2 aromatic heterocycles. The summed E-state index contributed by atoms with van der Waals surface area (Å²) in [5, 5.41) is 6.04. The lowest BCUT2D eigenvalue weighted by atomic mass is 10.1. The number of nitrogens with zero attached hydrogens (tertiary/aromatic N) is 3. The first-order valence-electron chi connectivity index (χ1n) is 12.7. The number of ketones is 1. The molecule has 1 fully saturated rings. The summed E-state index contributed by atoms with van der Waals surface area (Å²) in [7, 11) is -4.00. The van der Waals surface area contributed by atoms with Crippen LogP contribution in [0.1, 0.15) is 44.0 Å². The van der Waals surface area contributed by atoms with E-state index in [1.54, 1.807) is 55.6 Å². The summed E-state index contributed by atoms with van der Waals surface area (Å²) in [6, 6.07) is 11.8. The molecular weight excluding hydrogens is 518 g/mol. The highest BCUT2D eigenvalue weighted by molar-refractivity contribution is 7.89. The topological polar surface area (TPSA) is 138 Å². The Morgan fingerprint density at radius 3 is 2.54 bits per heavy atom. The van der Waals surface area contributed by atoms with Gasteiger partial charge in [-0.05, 0) is 62.1 Å². The number of carbonyl (C=O) groups is 3. The van der Waals surface area contributed by atoms with Gasteiger partial charge in [-0.2, -0.15) is 4.31 Å². The fourth-order valence-corrected chi connectivity index (χ4v) is 5.94. The zero-order valence-corrected chi connectivity index (χ0v) is 22.8. The van der Waals surface area contributed by atoms with Crippen molar-refractivity contribution in [1.82, 2.24) is 24.9 Å². The molecule has 1 aliphatic rings. The van der Waals surface area contributed by atoms with Gasteiger partial charge in [-0.3, -0.25) is 19.4 Å². The summed E-state index contributed by atoms with van der Waals surface area (Å²) in [5.74, 6) is -1.61. The molecule has 39 heavy (non-hydrogen) atoms. The van der Waals surface area contributed by atoms with Crippen molar-refractivity contribution in [3.8, 4) is 0 Å². The molecule has 2 atom stereocenters. The highest BCUT2D eigenvalue weighted by Gasteiger charge is 2.37. The van der Waals surface area contributed by atoms with Crippen molar-refractivity contribution in [2.24, 2.45) is 5.92 Å². The standard InChI is InChI=1S/C28H31N5O5S/c1-18(2)15-24(32-27(35)21-10-12-22-20(16-21)7-6-14-29-22)28(36)31-23-11-9-19(3)33(17-25(23)34)39(37,38)26-8-4-5-13-30-26/h4-8,10,12-16,18-19,23H,9,11,17H2,1-3H3,(H,31,36)(H,32,35)/b24-15+/t19-,23+/m1/s1. The highest BCUT2D eigenvalue weighted by Crippen LogP contribution is 2.23. The molecule has 0 aliphatic carbocycles. The number of benzene rings is 1. The van der Waals surface area contributed by atoms with Crippen LogP contribution < -0.4 is 10.6 Å². The smallest absolute Gasteiger partial charge is 0.268 e. The van der Waals surface area contributed by atoms with Gasteiger partial charge in [0, 0.05) is 29.4 Å². The van der Waals surface area contributed by atoms with Crippen LogP contribution in [0.3, 0.4) is 0 Å². The number of fused-ring (bicyclic) bond motifs is 1. The Balaban J connectivity index is 1.49. The van der Waals surface area contributed by atoms with Crippen LogP contribution in [0.5, 0.6) is 0 Å². The van der Waals surface area contributed by atoms with Gasteiger partial charge in [-0.15, -0.1) is 0 Å². The van der Waals surface area contributed by atoms with Crippen LogP contribution in [0.25, 0.3) is 10.9 Å². The van der Waals surface area contributed by atoms with E-state index in [-0.39, 0.29) is 23.1 Å². The molecule has 0 saturated carbocycles. The Kier molecular flexibility index (Phi) is 8.51. The first-order chi connectivity index (χ1) is 18.6. The van der Waals surface area contributed by atoms with Crippen molar-refractivity contribution in [3.63, 3.8) is 0 Å². The highest BCUT2D eigenvalue weighted by atomic mass is 32.2. The maximum atomic E-state index is 13.3. The van der Waals surface area contributed by atoms with Crippen molar-refractivity contribution < 1.29 is 22.8 Å². The van der Waals surface area contributed by atoms with Crippen LogP contribution in [-0.2, 0) is 19.6 Å². The summed E-state index contributed by atoms with van der Waals surface area (Å²) in [6.07, 6.45) is 5.26. The maximum Gasteiger partial charge on any atom is 0.268 e. The number of Topliss-reactive ketones (excluding diaryl/α,β-unsaturated/α-hetero) is 1. The summed E-state index contributed by atoms with van der Waals surface area (Å²) in [6.45, 7) is 5.05. The van der Waals surface area contributed by atoms with Crippen LogP contribution in [0.4, 0.5) is 0 Å². The number of rotatable bonds is 7. The van der Waals surface area contributed by atoms with Gasteiger partial charge in [0.05, 0.1) is 18.1 Å². The van der Waals surface area contributed by atoms with E-state index in [4.69, 9.17) is 0 Å². The second kappa shape index (κ2) is 11.8. The van der Waals surface area contributed by atoms with Gasteiger partial charge in [0.1, 0.15) is 5.70 Å². The normalized spacial score (nSPS) is 19.1. The molecule has 4 rings (SSSR count). The quantitative estimate of drug-likeness (QED) is 0.432. The second-order valence-corrected chi connectivity index (χ2v) is 11.7. The fourth-order valence-electron chi connectivity index (χ4n) is 4.38. The second-order valence-electron chi connectivity index (χ2n) is 9.83. The molecule has 10 nitrogen and oxygen atoms in total. The molecule has 2 N–H and O–H groups in total. The largest absolute Gasteiger partial charge is 0.341 e. The lowest BCUT2D eigenvalue weighted by Crippen LogP contribution is -2.47. The monoisotopic (exact) mass is 549 g/mol. The number of pyridine rings is 2. The number of aromatic nitrogens is 2. The molecule has 1 saturated heterocycles. The Bertz CT molecular complexity index is 1520. The molecule has 2 amide bonds. The van der Waals surface area contributed by atoms with E-state index in [0.29, 0.717) is 12.0 Å². The van der Waals surface area contributed by atoms with Gasteiger partial charge < -0.3 is 10.6 Å². The average molecular weight is 550 g/mol. The average Bonchev–Trinajstić information content (AvgIpc) is 3.06. The molecular formula is C28H31N5O5S. The molecule has 0 radical (unpaired) electrons. The predicted molar refractivity (Wildman–Crippen MR) is 146 cm³/mol. The van der Waals surface area contributed by atoms with E-state index < -0.39 is 46.2 Å². The number of hydrogen-bond donors (Lipinski definition) is 2. The molecule has 11 heteroatoms. The minimum Gasteiger partial charge on any atom is -0.341 e. The molecule has 1 aromatic carbocycles. The Morgan fingerprint density at radius 2 is 1.82 bits per heavy atom. The van der Waals surface area contributed by atoms with Crippen LogP contribution in [0, 0.1) is 5.92 Å². The van der Waals surface area contributed by atoms with Gasteiger partial charge in [0.25, 0.3) is 21.8 Å². The summed E-state index contributed by atoms with van der Waals surface area (Å²) >= 11 is 0. The zero-order chi connectivity index (χ0) is 28.2. The van der Waals surface area contributed by atoms with Crippen molar-refractivity contribution in [3.05, 3.63) is 78.3 Å². The third-order valence-electron chi connectivity index (χ3n) is 6.44. The van der Waals surface area contributed by atoms with E-state index in [0.717, 1.165) is 15.2 Å². The van der Waals surface area contributed by atoms with Crippen LogP contribution in [0.2, 0.25) is 0 Å². The third-order valence-corrected chi connectivity index (χ3v) is 8.32. The lowest BCUT2D eigenvalue weighted by Gasteiger charge is -2.24. The molecule has 204 valence electrons. The number of nitrogens with one attached hydrogen (secondary N) is 2. The van der Waals surface area contributed by atoms with Gasteiger partial charge >= 0.3 is 0 Å². The van der Waals surface area contributed by atoms with Gasteiger partial charge in [-0.25, -0.2) is 13.4 Å². The van der Waals surface area contributed by atoms with E-state index in [2.05, 4.69) is 20.6 Å². The van der Waals surface area contributed by atoms with Gasteiger partial charge in [-0.1, -0.05) is 32.1 Å². The van der Waals surface area contributed by atoms with E-state index in [1.807, 2.05) is 19.9 Å². The molecule has 0 bridgehead atoms. The first kappa shape index (κ1) is 28.1. The van der Waals surface area contributed by atoms with E-state index in [9.17, 15) is 22.8 Å². The number of allylic oxidation sites excluding steroid dienone is 1. The maximum absolute atomic E-state index is 13.3. The Labute approximate surface area is 227 Å². The third kappa shape index (κ3) is 6.55. The van der Waals surface area contributed by atoms with Crippen LogP contribution >= 0.6 is 0 Å². The SMILES string of the molecule is CC(C)/C=C(/NC(=O)c1ccc2ncccc2c1)C(=O)N[C@H]1CC[C@@H](C)N(S(=O)(=O)c2ccccn2)CC1=O. The summed E-state index contributed by atoms with van der Waals surface area (Å²) in [5.41, 5.74) is 1.11. The van der Waals surface area contributed by atoms with Crippen LogP contribution in [0.15, 0.2) is 77.7 Å². The first-order valence-corrected chi connectivity index (χ1v) is 14.1. The minimum atomic E-state index is -4.00. The van der Waals surface area contributed by atoms with Crippen molar-refractivity contribution in [2.45, 2.75) is 50.7 Å². The molecule has 3 heterocycles. The van der Waals surface area contributed by atoms with E-state index >= 15 is 0 Å².